The van der Waals surface area contributed by atoms with Crippen molar-refractivity contribution >= 4 is 11.7 Å². The summed E-state index contributed by atoms with van der Waals surface area (Å²) in [5.41, 5.74) is 3.21. The molecule has 0 atom stereocenters. The van der Waals surface area contributed by atoms with Gasteiger partial charge in [0.25, 0.3) is 0 Å². The number of rotatable bonds is 6. The van der Waals surface area contributed by atoms with Crippen LogP contribution in [-0.4, -0.2) is 30.8 Å². The number of nitrogens with one attached hydrogen (secondary N) is 2. The van der Waals surface area contributed by atoms with Crippen LogP contribution in [0.1, 0.15) is 34.8 Å². The molecule has 0 bridgehead atoms. The van der Waals surface area contributed by atoms with Gasteiger partial charge < -0.3 is 24.5 Å². The van der Waals surface area contributed by atoms with Crippen LogP contribution in [0.15, 0.2) is 36.5 Å². The lowest BCUT2D eigenvalue weighted by Crippen LogP contribution is -2.11. The van der Waals surface area contributed by atoms with Crippen molar-refractivity contribution in [2.45, 2.75) is 19.8 Å². The molecular formula is C17H20N2O4. The SMILES string of the molecule is CCOC(=O)c1[nH]ccc1NCc1ccccc1C1OCCO1. The minimum absolute atomic E-state index is 0.316. The normalized spacial score (nSPS) is 14.8. The summed E-state index contributed by atoms with van der Waals surface area (Å²) in [4.78, 5) is 14.8. The van der Waals surface area contributed by atoms with Crippen LogP contribution in [0.3, 0.4) is 0 Å². The lowest BCUT2D eigenvalue weighted by molar-refractivity contribution is -0.0446. The number of hydrogen-bond donors (Lipinski definition) is 2. The summed E-state index contributed by atoms with van der Waals surface area (Å²) in [7, 11) is 0. The first kappa shape index (κ1) is 15.6. The third-order valence-electron chi connectivity index (χ3n) is 3.63. The summed E-state index contributed by atoms with van der Waals surface area (Å²) in [6, 6.07) is 9.76. The highest BCUT2D eigenvalue weighted by molar-refractivity contribution is 5.93. The van der Waals surface area contributed by atoms with Crippen LogP contribution >= 0.6 is 0 Å². The number of hydrogen-bond acceptors (Lipinski definition) is 5. The Morgan fingerprint density at radius 2 is 2.09 bits per heavy atom. The number of benzene rings is 1. The molecule has 1 aliphatic heterocycles. The van der Waals surface area contributed by atoms with Crippen molar-refractivity contribution in [3.8, 4) is 0 Å². The zero-order valence-electron chi connectivity index (χ0n) is 13.0. The van der Waals surface area contributed by atoms with E-state index in [9.17, 15) is 4.79 Å². The van der Waals surface area contributed by atoms with Gasteiger partial charge in [-0.3, -0.25) is 0 Å². The van der Waals surface area contributed by atoms with Crippen LogP contribution < -0.4 is 5.32 Å². The average Bonchev–Trinajstić information content (AvgIpc) is 3.25. The van der Waals surface area contributed by atoms with Gasteiger partial charge in [-0.05, 0) is 18.6 Å². The molecule has 1 aromatic heterocycles. The molecule has 23 heavy (non-hydrogen) atoms. The highest BCUT2D eigenvalue weighted by Gasteiger charge is 2.21. The molecule has 2 N–H and O–H groups in total. The first-order valence-electron chi connectivity index (χ1n) is 7.69. The van der Waals surface area contributed by atoms with Gasteiger partial charge in [-0.15, -0.1) is 0 Å². The molecule has 6 heteroatoms. The van der Waals surface area contributed by atoms with Crippen LogP contribution in [0.25, 0.3) is 0 Å². The third kappa shape index (κ3) is 3.55. The Morgan fingerprint density at radius 3 is 2.87 bits per heavy atom. The number of carbonyl (C=O) groups is 1. The molecule has 1 fully saturated rings. The maximum Gasteiger partial charge on any atom is 0.356 e. The predicted octanol–water partition coefficient (Wildman–Crippen LogP) is 2.85. The highest BCUT2D eigenvalue weighted by atomic mass is 16.7. The summed E-state index contributed by atoms with van der Waals surface area (Å²) in [6.07, 6.45) is 1.40. The van der Waals surface area contributed by atoms with Crippen LogP contribution in [-0.2, 0) is 20.8 Å². The van der Waals surface area contributed by atoms with Crippen molar-refractivity contribution in [1.82, 2.24) is 4.98 Å². The fourth-order valence-electron chi connectivity index (χ4n) is 2.54. The molecular weight excluding hydrogens is 296 g/mol. The lowest BCUT2D eigenvalue weighted by atomic mass is 10.1. The van der Waals surface area contributed by atoms with E-state index < -0.39 is 0 Å². The fraction of sp³-hybridized carbons (Fsp3) is 0.353. The molecule has 0 spiro atoms. The summed E-state index contributed by atoms with van der Waals surface area (Å²) in [5.74, 6) is -0.365. The van der Waals surface area contributed by atoms with Gasteiger partial charge in [0.15, 0.2) is 6.29 Å². The molecule has 2 heterocycles. The van der Waals surface area contributed by atoms with Gasteiger partial charge in [0.1, 0.15) is 5.69 Å². The topological polar surface area (TPSA) is 72.6 Å². The van der Waals surface area contributed by atoms with Crippen LogP contribution in [0.4, 0.5) is 5.69 Å². The second kappa shape index (κ2) is 7.30. The second-order valence-corrected chi connectivity index (χ2v) is 5.11. The van der Waals surface area contributed by atoms with Crippen molar-refractivity contribution < 1.29 is 19.0 Å². The van der Waals surface area contributed by atoms with E-state index in [1.54, 1.807) is 13.1 Å². The zero-order valence-corrected chi connectivity index (χ0v) is 13.0. The van der Waals surface area contributed by atoms with Crippen molar-refractivity contribution in [3.05, 3.63) is 53.3 Å². The van der Waals surface area contributed by atoms with Gasteiger partial charge in [0.05, 0.1) is 25.5 Å². The molecule has 1 aliphatic rings. The monoisotopic (exact) mass is 316 g/mol. The minimum Gasteiger partial charge on any atom is -0.461 e. The molecule has 6 nitrogen and oxygen atoms in total. The highest BCUT2D eigenvalue weighted by Crippen LogP contribution is 2.27. The van der Waals surface area contributed by atoms with Gasteiger partial charge in [-0.1, -0.05) is 24.3 Å². The van der Waals surface area contributed by atoms with Gasteiger partial charge >= 0.3 is 5.97 Å². The Hall–Kier alpha value is -2.31. The Morgan fingerprint density at radius 1 is 1.30 bits per heavy atom. The minimum atomic E-state index is -0.365. The number of esters is 1. The first-order chi connectivity index (χ1) is 11.3. The van der Waals surface area contributed by atoms with Crippen LogP contribution in [0.2, 0.25) is 0 Å². The summed E-state index contributed by atoms with van der Waals surface area (Å²) >= 11 is 0. The van der Waals surface area contributed by atoms with Gasteiger partial charge in [0, 0.05) is 18.3 Å². The number of carbonyl (C=O) groups excluding carboxylic acids is 1. The number of anilines is 1. The van der Waals surface area contributed by atoms with Crippen molar-refractivity contribution in [3.63, 3.8) is 0 Å². The van der Waals surface area contributed by atoms with E-state index in [0.717, 1.165) is 11.1 Å². The summed E-state index contributed by atoms with van der Waals surface area (Å²) < 4.78 is 16.2. The first-order valence-corrected chi connectivity index (χ1v) is 7.69. The molecule has 1 saturated heterocycles. The van der Waals surface area contributed by atoms with Crippen LogP contribution in [0, 0.1) is 0 Å². The number of aromatic nitrogens is 1. The molecule has 0 radical (unpaired) electrons. The van der Waals surface area contributed by atoms with E-state index in [1.807, 2.05) is 30.3 Å². The average molecular weight is 316 g/mol. The lowest BCUT2D eigenvalue weighted by Gasteiger charge is -2.15. The van der Waals surface area contributed by atoms with Crippen molar-refractivity contribution in [1.29, 1.82) is 0 Å². The maximum atomic E-state index is 11.9. The van der Waals surface area contributed by atoms with E-state index in [-0.39, 0.29) is 12.3 Å². The van der Waals surface area contributed by atoms with Crippen molar-refractivity contribution in [2.75, 3.05) is 25.1 Å². The van der Waals surface area contributed by atoms with Crippen molar-refractivity contribution in [2.24, 2.45) is 0 Å². The third-order valence-corrected chi connectivity index (χ3v) is 3.63. The summed E-state index contributed by atoms with van der Waals surface area (Å²) in [5, 5.41) is 3.27. The Kier molecular flexibility index (Phi) is 4.95. The van der Waals surface area contributed by atoms with Gasteiger partial charge in [-0.25, -0.2) is 4.79 Å². The van der Waals surface area contributed by atoms with Crippen LogP contribution in [0.5, 0.6) is 0 Å². The molecule has 0 amide bonds. The molecule has 0 aliphatic carbocycles. The molecule has 0 saturated carbocycles. The molecule has 2 aromatic rings. The van der Waals surface area contributed by atoms with E-state index in [0.29, 0.717) is 37.7 Å². The van der Waals surface area contributed by atoms with Gasteiger partial charge in [0.2, 0.25) is 0 Å². The largest absolute Gasteiger partial charge is 0.461 e. The second-order valence-electron chi connectivity index (χ2n) is 5.11. The molecule has 122 valence electrons. The number of H-pyrrole nitrogens is 1. The summed E-state index contributed by atoms with van der Waals surface area (Å²) in [6.45, 7) is 3.90. The molecule has 1 aromatic carbocycles. The number of aromatic amines is 1. The Balaban J connectivity index is 1.72. The zero-order chi connectivity index (χ0) is 16.1. The molecule has 0 unspecified atom stereocenters. The quantitative estimate of drug-likeness (QED) is 0.802. The standard InChI is InChI=1S/C17H20N2O4/c1-2-21-16(20)15-14(7-8-18-15)19-11-12-5-3-4-6-13(12)17-22-9-10-23-17/h3-8,17-19H,2,9-11H2,1H3. The van der Waals surface area contributed by atoms with E-state index in [4.69, 9.17) is 14.2 Å². The maximum absolute atomic E-state index is 11.9. The molecule has 3 rings (SSSR count). The Labute approximate surface area is 134 Å². The van der Waals surface area contributed by atoms with E-state index in [1.165, 1.54) is 0 Å². The van der Waals surface area contributed by atoms with Gasteiger partial charge in [-0.2, -0.15) is 0 Å². The predicted molar refractivity (Wildman–Crippen MR) is 85.2 cm³/mol. The van der Waals surface area contributed by atoms with E-state index in [2.05, 4.69) is 10.3 Å². The smallest absolute Gasteiger partial charge is 0.356 e. The fourth-order valence-corrected chi connectivity index (χ4v) is 2.54. The van der Waals surface area contributed by atoms with E-state index >= 15 is 0 Å². The Bertz CT molecular complexity index is 662. The number of ether oxygens (including phenoxy) is 3.